The molecule has 23 heavy (non-hydrogen) atoms. The number of oxazole rings is 1. The van der Waals surface area contributed by atoms with Gasteiger partial charge in [-0.3, -0.25) is 4.79 Å². The van der Waals surface area contributed by atoms with Gasteiger partial charge in [-0.25, -0.2) is 4.98 Å². The van der Waals surface area contributed by atoms with Crippen molar-refractivity contribution in [3.05, 3.63) is 40.2 Å². The van der Waals surface area contributed by atoms with Gasteiger partial charge in [0.05, 0.1) is 12.1 Å². The fourth-order valence-corrected chi connectivity index (χ4v) is 3.25. The molecule has 1 fully saturated rings. The SMILES string of the molecule is Cc1oc(-c2cccc(Br)c2)nc1CC(=O)N1CCC(C)CC1. The van der Waals surface area contributed by atoms with E-state index in [1.165, 1.54) is 0 Å². The molecule has 0 N–H and O–H groups in total. The van der Waals surface area contributed by atoms with Crippen LogP contribution in [0, 0.1) is 12.8 Å². The highest BCUT2D eigenvalue weighted by Crippen LogP contribution is 2.25. The van der Waals surface area contributed by atoms with Crippen LogP contribution in [0.1, 0.15) is 31.2 Å². The largest absolute Gasteiger partial charge is 0.441 e. The molecule has 122 valence electrons. The Morgan fingerprint density at radius 3 is 2.83 bits per heavy atom. The number of carbonyl (C=O) groups is 1. The smallest absolute Gasteiger partial charge is 0.228 e. The number of aromatic nitrogens is 1. The highest BCUT2D eigenvalue weighted by atomic mass is 79.9. The van der Waals surface area contributed by atoms with Crippen molar-refractivity contribution in [2.24, 2.45) is 5.92 Å². The van der Waals surface area contributed by atoms with Crippen LogP contribution in [0.2, 0.25) is 0 Å². The van der Waals surface area contributed by atoms with E-state index in [1.54, 1.807) is 0 Å². The van der Waals surface area contributed by atoms with Gasteiger partial charge in [-0.15, -0.1) is 0 Å². The van der Waals surface area contributed by atoms with E-state index in [1.807, 2.05) is 36.1 Å². The minimum absolute atomic E-state index is 0.147. The quantitative estimate of drug-likeness (QED) is 0.805. The highest BCUT2D eigenvalue weighted by molar-refractivity contribution is 9.10. The maximum absolute atomic E-state index is 12.5. The summed E-state index contributed by atoms with van der Waals surface area (Å²) in [6.45, 7) is 5.83. The summed E-state index contributed by atoms with van der Waals surface area (Å²) >= 11 is 3.45. The van der Waals surface area contributed by atoms with Crippen molar-refractivity contribution in [2.75, 3.05) is 13.1 Å². The zero-order valence-electron chi connectivity index (χ0n) is 13.5. The lowest BCUT2D eigenvalue weighted by molar-refractivity contribution is -0.131. The summed E-state index contributed by atoms with van der Waals surface area (Å²) in [7, 11) is 0. The molecule has 4 nitrogen and oxygen atoms in total. The number of carbonyl (C=O) groups excluding carboxylic acids is 1. The maximum Gasteiger partial charge on any atom is 0.228 e. The van der Waals surface area contributed by atoms with Crippen molar-refractivity contribution in [2.45, 2.75) is 33.1 Å². The number of rotatable bonds is 3. The molecule has 1 aliphatic rings. The predicted molar refractivity (Wildman–Crippen MR) is 93.1 cm³/mol. The molecule has 0 spiro atoms. The van der Waals surface area contributed by atoms with Crippen molar-refractivity contribution in [1.82, 2.24) is 9.88 Å². The van der Waals surface area contributed by atoms with Crippen LogP contribution in [-0.4, -0.2) is 28.9 Å². The minimum Gasteiger partial charge on any atom is -0.441 e. The van der Waals surface area contributed by atoms with Gasteiger partial charge in [-0.05, 0) is 43.9 Å². The van der Waals surface area contributed by atoms with Gasteiger partial charge in [0.15, 0.2) is 0 Å². The molecule has 0 bridgehead atoms. The molecular weight excluding hydrogens is 356 g/mol. The first-order valence-corrected chi connectivity index (χ1v) is 8.82. The van der Waals surface area contributed by atoms with E-state index >= 15 is 0 Å². The van der Waals surface area contributed by atoms with Gasteiger partial charge in [0, 0.05) is 23.1 Å². The molecular formula is C18H21BrN2O2. The Morgan fingerprint density at radius 1 is 1.39 bits per heavy atom. The summed E-state index contributed by atoms with van der Waals surface area (Å²) in [5, 5.41) is 0. The molecule has 2 heterocycles. The number of nitrogens with zero attached hydrogens (tertiary/aromatic N) is 2. The molecule has 0 saturated carbocycles. The van der Waals surface area contributed by atoms with Crippen LogP contribution in [0.3, 0.4) is 0 Å². The number of likely N-dealkylation sites (tertiary alicyclic amines) is 1. The lowest BCUT2D eigenvalue weighted by atomic mass is 9.99. The normalized spacial score (nSPS) is 15.9. The van der Waals surface area contributed by atoms with Gasteiger partial charge in [0.25, 0.3) is 0 Å². The van der Waals surface area contributed by atoms with Gasteiger partial charge < -0.3 is 9.32 Å². The maximum atomic E-state index is 12.5. The molecule has 2 aromatic rings. The fourth-order valence-electron chi connectivity index (χ4n) is 2.85. The molecule has 3 rings (SSSR count). The van der Waals surface area contributed by atoms with E-state index in [0.29, 0.717) is 12.3 Å². The second-order valence-corrected chi connectivity index (χ2v) is 7.19. The Bertz CT molecular complexity index is 703. The molecule has 0 unspecified atom stereocenters. The summed E-state index contributed by atoms with van der Waals surface area (Å²) in [5.74, 6) is 2.16. The molecule has 0 aliphatic carbocycles. The number of piperidine rings is 1. The number of halogens is 1. The number of hydrogen-bond acceptors (Lipinski definition) is 3. The average molecular weight is 377 g/mol. The first-order valence-electron chi connectivity index (χ1n) is 8.03. The Hall–Kier alpha value is -1.62. The number of hydrogen-bond donors (Lipinski definition) is 0. The topological polar surface area (TPSA) is 46.3 Å². The van der Waals surface area contributed by atoms with Crippen LogP contribution in [0.25, 0.3) is 11.5 Å². The molecule has 1 aromatic heterocycles. The van der Waals surface area contributed by atoms with Gasteiger partial charge in [0.1, 0.15) is 5.76 Å². The van der Waals surface area contributed by atoms with E-state index in [-0.39, 0.29) is 5.91 Å². The molecule has 1 aliphatic heterocycles. The number of aryl methyl sites for hydroxylation is 1. The van der Waals surface area contributed by atoms with Crippen molar-refractivity contribution in [3.8, 4) is 11.5 Å². The fraction of sp³-hybridized carbons (Fsp3) is 0.444. The second kappa shape index (κ2) is 6.87. The van der Waals surface area contributed by atoms with Crippen LogP contribution >= 0.6 is 15.9 Å². The first kappa shape index (κ1) is 16.2. The molecule has 5 heteroatoms. The lowest BCUT2D eigenvalue weighted by Crippen LogP contribution is -2.38. The zero-order valence-corrected chi connectivity index (χ0v) is 15.1. The van der Waals surface area contributed by atoms with E-state index < -0.39 is 0 Å². The van der Waals surface area contributed by atoms with Gasteiger partial charge in [-0.1, -0.05) is 28.9 Å². The zero-order chi connectivity index (χ0) is 16.4. The van der Waals surface area contributed by atoms with Crippen molar-refractivity contribution >= 4 is 21.8 Å². The monoisotopic (exact) mass is 376 g/mol. The summed E-state index contributed by atoms with van der Waals surface area (Å²) in [5.41, 5.74) is 1.65. The Kier molecular flexibility index (Phi) is 4.85. The van der Waals surface area contributed by atoms with Crippen LogP contribution in [0.4, 0.5) is 0 Å². The standard InChI is InChI=1S/C18H21BrN2O2/c1-12-6-8-21(9-7-12)17(22)11-16-13(2)23-18(20-16)14-4-3-5-15(19)10-14/h3-5,10,12H,6-9,11H2,1-2H3. The number of benzene rings is 1. The molecule has 1 aromatic carbocycles. The third kappa shape index (κ3) is 3.83. The summed E-state index contributed by atoms with van der Waals surface area (Å²) in [4.78, 5) is 19.0. The predicted octanol–water partition coefficient (Wildman–Crippen LogP) is 4.21. The van der Waals surface area contributed by atoms with E-state index in [2.05, 4.69) is 27.8 Å². The van der Waals surface area contributed by atoms with E-state index in [0.717, 1.165) is 53.3 Å². The van der Waals surface area contributed by atoms with Crippen molar-refractivity contribution in [3.63, 3.8) is 0 Å². The van der Waals surface area contributed by atoms with Gasteiger partial charge in [-0.2, -0.15) is 0 Å². The highest BCUT2D eigenvalue weighted by Gasteiger charge is 2.22. The van der Waals surface area contributed by atoms with Crippen molar-refractivity contribution in [1.29, 1.82) is 0 Å². The minimum atomic E-state index is 0.147. The first-order chi connectivity index (χ1) is 11.0. The van der Waals surface area contributed by atoms with Crippen LogP contribution in [0.5, 0.6) is 0 Å². The van der Waals surface area contributed by atoms with E-state index in [9.17, 15) is 4.79 Å². The third-order valence-corrected chi connectivity index (χ3v) is 4.91. The average Bonchev–Trinajstić information content (AvgIpc) is 2.89. The van der Waals surface area contributed by atoms with Crippen LogP contribution in [0.15, 0.2) is 33.2 Å². The molecule has 0 radical (unpaired) electrons. The van der Waals surface area contributed by atoms with Gasteiger partial charge >= 0.3 is 0 Å². The van der Waals surface area contributed by atoms with Crippen LogP contribution < -0.4 is 0 Å². The summed E-state index contributed by atoms with van der Waals surface area (Å²) < 4.78 is 6.74. The number of amides is 1. The van der Waals surface area contributed by atoms with Gasteiger partial charge in [0.2, 0.25) is 11.8 Å². The Labute approximate surface area is 145 Å². The Morgan fingerprint density at radius 2 is 2.13 bits per heavy atom. The molecule has 0 atom stereocenters. The lowest BCUT2D eigenvalue weighted by Gasteiger charge is -2.30. The van der Waals surface area contributed by atoms with Crippen molar-refractivity contribution < 1.29 is 9.21 Å². The summed E-state index contributed by atoms with van der Waals surface area (Å²) in [6, 6.07) is 7.82. The Balaban J connectivity index is 1.72. The third-order valence-electron chi connectivity index (χ3n) is 4.42. The summed E-state index contributed by atoms with van der Waals surface area (Å²) in [6.07, 6.45) is 2.50. The van der Waals surface area contributed by atoms with Crippen LogP contribution in [-0.2, 0) is 11.2 Å². The van der Waals surface area contributed by atoms with E-state index in [4.69, 9.17) is 4.42 Å². The second-order valence-electron chi connectivity index (χ2n) is 6.27. The molecule has 1 amide bonds. The molecule has 1 saturated heterocycles.